The van der Waals surface area contributed by atoms with E-state index in [2.05, 4.69) is 46.7 Å². The van der Waals surface area contributed by atoms with Crippen LogP contribution in [0.4, 0.5) is 0 Å². The van der Waals surface area contributed by atoms with E-state index >= 15 is 0 Å². The molecule has 8 heteroatoms. The van der Waals surface area contributed by atoms with Gasteiger partial charge in [0.25, 0.3) is 5.91 Å². The number of aliphatic imine (C=N–C) groups is 1. The molecule has 1 amide bonds. The van der Waals surface area contributed by atoms with E-state index in [1.165, 1.54) is 39.7 Å². The molecule has 6 nitrogen and oxygen atoms in total. The first kappa shape index (κ1) is 19.7. The molecular formula is C21H21N5OS2. The lowest BCUT2D eigenvalue weighted by atomic mass is 10.1. The smallest absolute Gasteiger partial charge is 0.283 e. The number of aromatic nitrogens is 1. The van der Waals surface area contributed by atoms with Crippen LogP contribution in [0.3, 0.4) is 0 Å². The molecule has 1 N–H and O–H groups in total. The topological polar surface area (TPSA) is 73.8 Å². The van der Waals surface area contributed by atoms with Crippen molar-refractivity contribution in [3.8, 4) is 5.69 Å². The summed E-state index contributed by atoms with van der Waals surface area (Å²) in [6.45, 7) is 8.27. The number of nitrogens with zero attached hydrogens (tertiary/aromatic N) is 4. The summed E-state index contributed by atoms with van der Waals surface area (Å²) in [4.78, 5) is 16.7. The highest BCUT2D eigenvalue weighted by Gasteiger charge is 2.35. The first-order valence-corrected chi connectivity index (χ1v) is 11.1. The van der Waals surface area contributed by atoms with Gasteiger partial charge in [-0.05, 0) is 86.7 Å². The van der Waals surface area contributed by atoms with Crippen LogP contribution in [-0.4, -0.2) is 37.1 Å². The van der Waals surface area contributed by atoms with Crippen molar-refractivity contribution in [1.29, 1.82) is 5.41 Å². The normalized spacial score (nSPS) is 17.7. The van der Waals surface area contributed by atoms with E-state index in [0.29, 0.717) is 5.17 Å². The van der Waals surface area contributed by atoms with E-state index in [-0.39, 0.29) is 11.4 Å². The van der Waals surface area contributed by atoms with Gasteiger partial charge in [-0.25, -0.2) is 0 Å². The standard InChI is InChI=1S/C21H21N5OS2/c1-11-6-7-16(8-12(11)2)25-13(3)9-15(14(25)4)10-17-18(22)26-20(23-19(17)27)29-21(24-26)28-5/h6-10,22H,1-5H3. The number of carbonyl (C=O) groups excluding carboxylic acids is 1. The quantitative estimate of drug-likeness (QED) is 0.714. The summed E-state index contributed by atoms with van der Waals surface area (Å²) < 4.78 is 2.94. The second kappa shape index (κ2) is 7.35. The summed E-state index contributed by atoms with van der Waals surface area (Å²) in [5, 5.41) is 14.7. The molecule has 2 aromatic rings. The predicted octanol–water partition coefficient (Wildman–Crippen LogP) is 4.65. The summed E-state index contributed by atoms with van der Waals surface area (Å²) in [5.74, 6) is -0.338. The zero-order valence-corrected chi connectivity index (χ0v) is 18.5. The van der Waals surface area contributed by atoms with Crippen molar-refractivity contribution in [3.05, 3.63) is 57.9 Å². The van der Waals surface area contributed by atoms with Crippen LogP contribution in [0.5, 0.6) is 0 Å². The maximum atomic E-state index is 12.6. The van der Waals surface area contributed by atoms with Crippen LogP contribution in [0.15, 0.2) is 39.9 Å². The Balaban J connectivity index is 1.76. The maximum Gasteiger partial charge on any atom is 0.283 e. The molecule has 0 radical (unpaired) electrons. The number of amidine groups is 2. The third-order valence-electron chi connectivity index (χ3n) is 5.13. The van der Waals surface area contributed by atoms with Gasteiger partial charge in [-0.15, -0.1) is 16.9 Å². The van der Waals surface area contributed by atoms with Gasteiger partial charge in [-0.3, -0.25) is 10.2 Å². The molecule has 0 unspecified atom stereocenters. The molecule has 0 bridgehead atoms. The number of hydrogen-bond donors (Lipinski definition) is 1. The third kappa shape index (κ3) is 3.36. The largest absolute Gasteiger partial charge is 0.318 e. The summed E-state index contributed by atoms with van der Waals surface area (Å²) >= 11 is 2.79. The fourth-order valence-corrected chi connectivity index (χ4v) is 4.75. The van der Waals surface area contributed by atoms with Gasteiger partial charge in [-0.2, -0.15) is 10.0 Å². The minimum absolute atomic E-state index is 0.0625. The van der Waals surface area contributed by atoms with Crippen LogP contribution in [0, 0.1) is 33.1 Å². The van der Waals surface area contributed by atoms with E-state index in [1.807, 2.05) is 26.2 Å². The Morgan fingerprint density at radius 1 is 1.14 bits per heavy atom. The van der Waals surface area contributed by atoms with Crippen LogP contribution < -0.4 is 0 Å². The molecule has 0 saturated heterocycles. The fourth-order valence-electron chi connectivity index (χ4n) is 3.41. The zero-order valence-electron chi connectivity index (χ0n) is 16.9. The van der Waals surface area contributed by atoms with Crippen molar-refractivity contribution in [3.63, 3.8) is 0 Å². The lowest BCUT2D eigenvalue weighted by Gasteiger charge is -2.20. The summed E-state index contributed by atoms with van der Waals surface area (Å²) in [5.41, 5.74) is 6.79. The van der Waals surface area contributed by atoms with Gasteiger partial charge in [0.05, 0.1) is 5.57 Å². The van der Waals surface area contributed by atoms with Gasteiger partial charge in [0.15, 0.2) is 10.2 Å². The van der Waals surface area contributed by atoms with Gasteiger partial charge >= 0.3 is 0 Å². The van der Waals surface area contributed by atoms with Crippen LogP contribution in [0.2, 0.25) is 0 Å². The van der Waals surface area contributed by atoms with E-state index < -0.39 is 5.91 Å². The number of thioether (sulfide) groups is 2. The van der Waals surface area contributed by atoms with Gasteiger partial charge in [-0.1, -0.05) is 6.07 Å². The predicted molar refractivity (Wildman–Crippen MR) is 123 cm³/mol. The van der Waals surface area contributed by atoms with Crippen molar-refractivity contribution in [2.24, 2.45) is 10.1 Å². The monoisotopic (exact) mass is 423 g/mol. The number of benzene rings is 1. The number of hydrogen-bond acceptors (Lipinski definition) is 5. The third-order valence-corrected chi connectivity index (χ3v) is 7.01. The highest BCUT2D eigenvalue weighted by atomic mass is 32.2. The number of carbonyl (C=O) groups is 1. The van der Waals surface area contributed by atoms with Crippen LogP contribution >= 0.6 is 23.5 Å². The molecule has 0 aliphatic carbocycles. The SMILES string of the molecule is CSC1=NN2C(=N)C(=Cc3cc(C)n(-c4ccc(C)c(C)c4)c3C)C(=O)N=C2S1. The lowest BCUT2D eigenvalue weighted by molar-refractivity contribution is -0.114. The Labute approximate surface area is 178 Å². The fraction of sp³-hybridized carbons (Fsp3) is 0.238. The Bertz CT molecular complexity index is 1160. The van der Waals surface area contributed by atoms with Gasteiger partial charge < -0.3 is 4.57 Å². The molecule has 0 atom stereocenters. The molecule has 2 aliphatic heterocycles. The first-order chi connectivity index (χ1) is 13.8. The van der Waals surface area contributed by atoms with Crippen molar-refractivity contribution >= 4 is 50.9 Å². The molecule has 4 rings (SSSR count). The molecule has 0 saturated carbocycles. The van der Waals surface area contributed by atoms with Gasteiger partial charge in [0.1, 0.15) is 0 Å². The van der Waals surface area contributed by atoms with Crippen molar-refractivity contribution < 1.29 is 4.79 Å². The molecule has 148 valence electrons. The Kier molecular flexibility index (Phi) is 5.00. The minimum Gasteiger partial charge on any atom is -0.318 e. The Morgan fingerprint density at radius 2 is 1.90 bits per heavy atom. The summed E-state index contributed by atoms with van der Waals surface area (Å²) in [6, 6.07) is 8.41. The second-order valence-electron chi connectivity index (χ2n) is 7.02. The highest BCUT2D eigenvalue weighted by Crippen LogP contribution is 2.32. The van der Waals surface area contributed by atoms with E-state index in [9.17, 15) is 4.79 Å². The average molecular weight is 424 g/mol. The molecule has 29 heavy (non-hydrogen) atoms. The molecule has 3 heterocycles. The van der Waals surface area contributed by atoms with Crippen molar-refractivity contribution in [2.45, 2.75) is 27.7 Å². The average Bonchev–Trinajstić information content (AvgIpc) is 3.21. The Hall–Kier alpha value is -2.58. The van der Waals surface area contributed by atoms with Crippen LogP contribution in [0.25, 0.3) is 11.8 Å². The number of aryl methyl sites for hydroxylation is 3. The Morgan fingerprint density at radius 3 is 2.59 bits per heavy atom. The number of rotatable bonds is 2. The number of hydrazone groups is 1. The lowest BCUT2D eigenvalue weighted by Crippen LogP contribution is -2.35. The number of amides is 1. The van der Waals surface area contributed by atoms with E-state index in [4.69, 9.17) is 5.41 Å². The summed E-state index contributed by atoms with van der Waals surface area (Å²) in [7, 11) is 0. The second-order valence-corrected chi connectivity index (χ2v) is 9.03. The van der Waals surface area contributed by atoms with E-state index in [1.54, 1.807) is 6.08 Å². The maximum absolute atomic E-state index is 12.6. The molecule has 1 aromatic heterocycles. The van der Waals surface area contributed by atoms with Gasteiger partial charge in [0, 0.05) is 17.1 Å². The zero-order chi connectivity index (χ0) is 20.9. The minimum atomic E-state index is -0.401. The molecular weight excluding hydrogens is 402 g/mol. The first-order valence-electron chi connectivity index (χ1n) is 9.11. The molecule has 1 aromatic carbocycles. The molecule has 0 fully saturated rings. The van der Waals surface area contributed by atoms with E-state index in [0.717, 1.165) is 27.0 Å². The van der Waals surface area contributed by atoms with Gasteiger partial charge in [0.2, 0.25) is 5.17 Å². The van der Waals surface area contributed by atoms with Crippen molar-refractivity contribution in [2.75, 3.05) is 6.26 Å². The van der Waals surface area contributed by atoms with Crippen molar-refractivity contribution in [1.82, 2.24) is 9.58 Å². The van der Waals surface area contributed by atoms with Crippen LogP contribution in [0.1, 0.15) is 28.1 Å². The molecule has 2 aliphatic rings. The number of nitrogens with one attached hydrogen (secondary N) is 1. The van der Waals surface area contributed by atoms with Crippen LogP contribution in [-0.2, 0) is 4.79 Å². The highest BCUT2D eigenvalue weighted by molar-refractivity contribution is 8.45. The summed E-state index contributed by atoms with van der Waals surface area (Å²) in [6.07, 6.45) is 3.66. The number of fused-ring (bicyclic) bond motifs is 1. The molecule has 0 spiro atoms.